The number of rotatable bonds is 3. The molecule has 158 valence electrons. The molecule has 0 unspecified atom stereocenters. The lowest BCUT2D eigenvalue weighted by molar-refractivity contribution is -0.123. The van der Waals surface area contributed by atoms with Gasteiger partial charge in [-0.25, -0.2) is 0 Å². The van der Waals surface area contributed by atoms with Crippen LogP contribution in [-0.2, 0) is 17.6 Å². The van der Waals surface area contributed by atoms with Crippen molar-refractivity contribution in [3.63, 3.8) is 0 Å². The third-order valence-electron chi connectivity index (χ3n) is 6.42. The van der Waals surface area contributed by atoms with Crippen LogP contribution in [0.25, 0.3) is 0 Å². The van der Waals surface area contributed by atoms with Crippen LogP contribution in [0, 0.1) is 5.92 Å². The van der Waals surface area contributed by atoms with Crippen LogP contribution in [0.3, 0.4) is 0 Å². The number of piperidine rings is 1. The molecule has 0 saturated carbocycles. The van der Waals surface area contributed by atoms with E-state index in [-0.39, 0.29) is 17.7 Å². The van der Waals surface area contributed by atoms with Crippen molar-refractivity contribution in [2.75, 3.05) is 24.5 Å². The second-order valence-corrected chi connectivity index (χ2v) is 8.77. The number of hydrogen-bond acceptors (Lipinski definition) is 2. The predicted molar refractivity (Wildman–Crippen MR) is 121 cm³/mol. The second kappa shape index (κ2) is 9.22. The van der Waals surface area contributed by atoms with Gasteiger partial charge in [0.1, 0.15) is 0 Å². The van der Waals surface area contributed by atoms with Gasteiger partial charge in [0.15, 0.2) is 0 Å². The SMILES string of the molecule is CCc1ccc(C(=O)N2CCC(C(=O)N3CCCCc4cc(Cl)ccc43)CC2)cc1. The van der Waals surface area contributed by atoms with Crippen molar-refractivity contribution < 1.29 is 9.59 Å². The zero-order chi connectivity index (χ0) is 21.1. The topological polar surface area (TPSA) is 40.6 Å². The molecule has 4 rings (SSSR count). The third-order valence-corrected chi connectivity index (χ3v) is 6.65. The molecule has 0 bridgehead atoms. The highest BCUT2D eigenvalue weighted by atomic mass is 35.5. The van der Waals surface area contributed by atoms with Gasteiger partial charge in [-0.1, -0.05) is 30.7 Å². The molecule has 0 radical (unpaired) electrons. The van der Waals surface area contributed by atoms with Gasteiger partial charge in [-0.05, 0) is 80.0 Å². The number of carbonyl (C=O) groups excluding carboxylic acids is 2. The minimum Gasteiger partial charge on any atom is -0.339 e. The standard InChI is InChI=1S/C25H29ClN2O2/c1-2-18-6-8-19(9-7-18)24(29)27-15-12-20(13-16-27)25(30)28-14-4-3-5-21-17-22(26)10-11-23(21)28/h6-11,17,20H,2-5,12-16H2,1H3. The highest BCUT2D eigenvalue weighted by Gasteiger charge is 2.32. The Morgan fingerprint density at radius 3 is 2.43 bits per heavy atom. The van der Waals surface area contributed by atoms with Gasteiger partial charge in [-0.3, -0.25) is 9.59 Å². The predicted octanol–water partition coefficient (Wildman–Crippen LogP) is 5.12. The van der Waals surface area contributed by atoms with Crippen LogP contribution in [0.2, 0.25) is 5.02 Å². The molecule has 1 saturated heterocycles. The molecule has 0 aromatic heterocycles. The van der Waals surface area contributed by atoms with Crippen molar-refractivity contribution in [3.05, 3.63) is 64.2 Å². The van der Waals surface area contributed by atoms with E-state index >= 15 is 0 Å². The smallest absolute Gasteiger partial charge is 0.253 e. The molecule has 0 aliphatic carbocycles. The maximum Gasteiger partial charge on any atom is 0.253 e. The first-order valence-corrected chi connectivity index (χ1v) is 11.4. The van der Waals surface area contributed by atoms with E-state index in [9.17, 15) is 9.59 Å². The number of likely N-dealkylation sites (tertiary alicyclic amines) is 1. The van der Waals surface area contributed by atoms with Crippen molar-refractivity contribution in [2.45, 2.75) is 45.4 Å². The van der Waals surface area contributed by atoms with Crippen molar-refractivity contribution >= 4 is 29.1 Å². The zero-order valence-corrected chi connectivity index (χ0v) is 18.3. The highest BCUT2D eigenvalue weighted by Crippen LogP contribution is 2.32. The highest BCUT2D eigenvalue weighted by molar-refractivity contribution is 6.30. The van der Waals surface area contributed by atoms with E-state index < -0.39 is 0 Å². The summed E-state index contributed by atoms with van der Waals surface area (Å²) in [6, 6.07) is 13.7. The summed E-state index contributed by atoms with van der Waals surface area (Å²) in [6.45, 7) is 4.13. The van der Waals surface area contributed by atoms with Crippen LogP contribution in [0.5, 0.6) is 0 Å². The fraction of sp³-hybridized carbons (Fsp3) is 0.440. The molecule has 0 N–H and O–H groups in total. The van der Waals surface area contributed by atoms with E-state index in [1.165, 1.54) is 5.56 Å². The minimum atomic E-state index is -0.0295. The van der Waals surface area contributed by atoms with Crippen LogP contribution in [0.1, 0.15) is 54.1 Å². The third kappa shape index (κ3) is 4.39. The fourth-order valence-electron chi connectivity index (χ4n) is 4.57. The van der Waals surface area contributed by atoms with Gasteiger partial charge in [0.05, 0.1) is 0 Å². The number of carbonyl (C=O) groups is 2. The van der Waals surface area contributed by atoms with E-state index in [0.29, 0.717) is 13.1 Å². The van der Waals surface area contributed by atoms with E-state index in [1.807, 2.05) is 52.3 Å². The molecular weight excluding hydrogens is 396 g/mol. The molecule has 30 heavy (non-hydrogen) atoms. The summed E-state index contributed by atoms with van der Waals surface area (Å²) in [7, 11) is 0. The van der Waals surface area contributed by atoms with Gasteiger partial charge in [0, 0.05) is 41.8 Å². The normalized spacial score (nSPS) is 17.4. The van der Waals surface area contributed by atoms with Crippen LogP contribution < -0.4 is 4.90 Å². The summed E-state index contributed by atoms with van der Waals surface area (Å²) < 4.78 is 0. The Morgan fingerprint density at radius 2 is 1.73 bits per heavy atom. The van der Waals surface area contributed by atoms with Crippen LogP contribution in [0.4, 0.5) is 5.69 Å². The Bertz CT molecular complexity index is 917. The monoisotopic (exact) mass is 424 g/mol. The first-order chi connectivity index (χ1) is 14.6. The number of halogens is 1. The van der Waals surface area contributed by atoms with Gasteiger partial charge in [0.2, 0.25) is 5.91 Å². The summed E-state index contributed by atoms with van der Waals surface area (Å²) in [6.07, 6.45) is 5.44. The van der Waals surface area contributed by atoms with E-state index in [4.69, 9.17) is 11.6 Å². The Hall–Kier alpha value is -2.33. The molecule has 2 heterocycles. The van der Waals surface area contributed by atoms with Crippen molar-refractivity contribution in [1.29, 1.82) is 0 Å². The lowest BCUT2D eigenvalue weighted by Crippen LogP contribution is -2.44. The number of anilines is 1. The van der Waals surface area contributed by atoms with Gasteiger partial charge in [-0.2, -0.15) is 0 Å². The molecule has 5 heteroatoms. The van der Waals surface area contributed by atoms with E-state index in [0.717, 1.165) is 66.9 Å². The fourth-order valence-corrected chi connectivity index (χ4v) is 4.76. The molecule has 1 fully saturated rings. The quantitative estimate of drug-likeness (QED) is 0.685. The molecule has 4 nitrogen and oxygen atoms in total. The van der Waals surface area contributed by atoms with E-state index in [2.05, 4.69) is 6.92 Å². The molecular formula is C25H29ClN2O2. The largest absolute Gasteiger partial charge is 0.339 e. The van der Waals surface area contributed by atoms with Crippen LogP contribution in [-0.4, -0.2) is 36.3 Å². The Labute approximate surface area is 183 Å². The number of fused-ring (bicyclic) bond motifs is 1. The van der Waals surface area contributed by atoms with Crippen LogP contribution in [0.15, 0.2) is 42.5 Å². The van der Waals surface area contributed by atoms with Crippen molar-refractivity contribution in [1.82, 2.24) is 4.90 Å². The Morgan fingerprint density at radius 1 is 1.00 bits per heavy atom. The number of benzene rings is 2. The first-order valence-electron chi connectivity index (χ1n) is 11.0. The molecule has 2 aromatic carbocycles. The molecule has 0 spiro atoms. The van der Waals surface area contributed by atoms with Crippen molar-refractivity contribution in [2.24, 2.45) is 5.92 Å². The number of aryl methyl sites for hydroxylation is 2. The number of nitrogens with zero attached hydrogens (tertiary/aromatic N) is 2. The minimum absolute atomic E-state index is 0.0295. The molecule has 2 aromatic rings. The molecule has 2 aliphatic heterocycles. The summed E-state index contributed by atoms with van der Waals surface area (Å²) >= 11 is 6.18. The zero-order valence-electron chi connectivity index (χ0n) is 17.6. The molecule has 0 atom stereocenters. The molecule has 2 amide bonds. The second-order valence-electron chi connectivity index (χ2n) is 8.34. The number of amides is 2. The van der Waals surface area contributed by atoms with Gasteiger partial charge in [0.25, 0.3) is 5.91 Å². The lowest BCUT2D eigenvalue weighted by Gasteiger charge is -2.34. The average Bonchev–Trinajstić information content (AvgIpc) is 3.00. The van der Waals surface area contributed by atoms with Gasteiger partial charge < -0.3 is 9.80 Å². The Balaban J connectivity index is 1.41. The maximum atomic E-state index is 13.4. The number of hydrogen-bond donors (Lipinski definition) is 0. The summed E-state index contributed by atoms with van der Waals surface area (Å²) in [4.78, 5) is 30.0. The lowest BCUT2D eigenvalue weighted by atomic mass is 9.94. The summed E-state index contributed by atoms with van der Waals surface area (Å²) in [5.41, 5.74) is 4.14. The average molecular weight is 425 g/mol. The summed E-state index contributed by atoms with van der Waals surface area (Å²) in [5.74, 6) is 0.233. The van der Waals surface area contributed by atoms with Gasteiger partial charge in [-0.15, -0.1) is 0 Å². The van der Waals surface area contributed by atoms with Crippen LogP contribution >= 0.6 is 11.6 Å². The van der Waals surface area contributed by atoms with E-state index in [1.54, 1.807) is 0 Å². The van der Waals surface area contributed by atoms with Gasteiger partial charge >= 0.3 is 0 Å². The molecule has 2 aliphatic rings. The summed E-state index contributed by atoms with van der Waals surface area (Å²) in [5, 5.41) is 0.724. The first kappa shape index (κ1) is 20.9. The maximum absolute atomic E-state index is 13.4. The van der Waals surface area contributed by atoms with Crippen molar-refractivity contribution in [3.8, 4) is 0 Å². The Kier molecular flexibility index (Phi) is 6.43.